The van der Waals surface area contributed by atoms with Gasteiger partial charge >= 0.3 is 0 Å². The van der Waals surface area contributed by atoms with Crippen LogP contribution in [0.2, 0.25) is 0 Å². The number of hydrogen-bond acceptors (Lipinski definition) is 5. The number of carbonyl (C=O) groups is 1. The fraction of sp³-hybridized carbons (Fsp3) is 0.632. The molecule has 4 unspecified atom stereocenters. The van der Waals surface area contributed by atoms with Crippen molar-refractivity contribution >= 4 is 17.2 Å². The van der Waals surface area contributed by atoms with Crippen LogP contribution in [0.4, 0.5) is 5.69 Å². The zero-order valence-electron chi connectivity index (χ0n) is 15.5. The van der Waals surface area contributed by atoms with E-state index in [0.29, 0.717) is 12.4 Å². The monoisotopic (exact) mass is 355 g/mol. The first kappa shape index (κ1) is 16.1. The van der Waals surface area contributed by atoms with Gasteiger partial charge in [-0.05, 0) is 37.3 Å². The Bertz CT molecular complexity index is 889. The molecule has 1 amide bonds. The van der Waals surface area contributed by atoms with Crippen molar-refractivity contribution in [3.63, 3.8) is 0 Å². The first-order chi connectivity index (χ1) is 12.5. The zero-order chi connectivity index (χ0) is 18.1. The molecule has 7 nitrogen and oxygen atoms in total. The summed E-state index contributed by atoms with van der Waals surface area (Å²) in [6.07, 6.45) is 4.12. The third kappa shape index (κ3) is 2.06. The maximum atomic E-state index is 12.3. The molecule has 3 aliphatic heterocycles. The highest BCUT2D eigenvalue weighted by Crippen LogP contribution is 2.58. The van der Waals surface area contributed by atoms with Gasteiger partial charge in [0.15, 0.2) is 11.5 Å². The summed E-state index contributed by atoms with van der Waals surface area (Å²) in [6.45, 7) is 7.15. The van der Waals surface area contributed by atoms with Crippen LogP contribution in [0.1, 0.15) is 31.2 Å². The Labute approximate surface area is 152 Å². The minimum Gasteiger partial charge on any atom is -0.370 e. The molecule has 26 heavy (non-hydrogen) atoms. The van der Waals surface area contributed by atoms with Crippen molar-refractivity contribution in [1.82, 2.24) is 19.9 Å². The van der Waals surface area contributed by atoms with Gasteiger partial charge in [0.05, 0.1) is 24.4 Å². The largest absolute Gasteiger partial charge is 0.370 e. The maximum Gasteiger partial charge on any atom is 0.226 e. The molecule has 2 aromatic rings. The highest BCUT2D eigenvalue weighted by molar-refractivity contribution is 5.82. The first-order valence-corrected chi connectivity index (χ1v) is 9.50. The Kier molecular flexibility index (Phi) is 3.35. The molecule has 1 saturated carbocycles. The third-order valence-electron chi connectivity index (χ3n) is 6.39. The number of hydrogen-bond donors (Lipinski definition) is 1. The Morgan fingerprint density at radius 3 is 3.00 bits per heavy atom. The molecule has 4 fully saturated rings. The normalized spacial score (nSPS) is 32.9. The van der Waals surface area contributed by atoms with Gasteiger partial charge < -0.3 is 15.0 Å². The fourth-order valence-electron chi connectivity index (χ4n) is 4.94. The molecule has 2 bridgehead atoms. The molecular weight excluding hydrogens is 330 g/mol. The number of anilines is 1. The lowest BCUT2D eigenvalue weighted by Crippen LogP contribution is -2.53. The number of pyridine rings is 1. The van der Waals surface area contributed by atoms with E-state index < -0.39 is 5.60 Å². The summed E-state index contributed by atoms with van der Waals surface area (Å²) < 4.78 is 7.91. The molecule has 6 rings (SSSR count). The average Bonchev–Trinajstić information content (AvgIpc) is 3.35. The van der Waals surface area contributed by atoms with Crippen molar-refractivity contribution in [2.24, 2.45) is 17.8 Å². The van der Waals surface area contributed by atoms with Gasteiger partial charge in [0, 0.05) is 26.1 Å². The van der Waals surface area contributed by atoms with Crippen molar-refractivity contribution in [3.05, 3.63) is 23.7 Å². The van der Waals surface area contributed by atoms with Crippen LogP contribution in [0.15, 0.2) is 12.3 Å². The van der Waals surface area contributed by atoms with E-state index in [1.165, 1.54) is 12.1 Å². The number of amides is 1. The zero-order valence-corrected chi connectivity index (χ0v) is 15.5. The molecule has 0 radical (unpaired) electrons. The van der Waals surface area contributed by atoms with E-state index in [1.807, 2.05) is 4.52 Å². The molecule has 5 heterocycles. The molecule has 1 N–H and O–H groups in total. The van der Waals surface area contributed by atoms with Crippen LogP contribution in [-0.4, -0.2) is 47.2 Å². The highest BCUT2D eigenvalue weighted by Gasteiger charge is 2.66. The van der Waals surface area contributed by atoms with Crippen molar-refractivity contribution < 1.29 is 9.53 Å². The lowest BCUT2D eigenvalue weighted by molar-refractivity contribution is -0.142. The minimum atomic E-state index is -0.647. The molecule has 4 aliphatic rings. The average molecular weight is 355 g/mol. The van der Waals surface area contributed by atoms with E-state index in [0.717, 1.165) is 36.6 Å². The van der Waals surface area contributed by atoms with E-state index in [1.54, 1.807) is 7.05 Å². The third-order valence-corrected chi connectivity index (χ3v) is 6.39. The Hall–Kier alpha value is -2.15. The van der Waals surface area contributed by atoms with E-state index in [2.05, 4.69) is 36.3 Å². The minimum absolute atomic E-state index is 0.0288. The van der Waals surface area contributed by atoms with Gasteiger partial charge in [-0.3, -0.25) is 4.79 Å². The van der Waals surface area contributed by atoms with Crippen LogP contribution in [0.25, 0.3) is 5.65 Å². The van der Waals surface area contributed by atoms with E-state index in [9.17, 15) is 4.79 Å². The Morgan fingerprint density at radius 2 is 2.31 bits per heavy atom. The number of aromatic nitrogens is 3. The predicted molar refractivity (Wildman–Crippen MR) is 97.0 cm³/mol. The molecule has 138 valence electrons. The topological polar surface area (TPSA) is 71.8 Å². The van der Waals surface area contributed by atoms with Gasteiger partial charge in [0.25, 0.3) is 0 Å². The smallest absolute Gasteiger partial charge is 0.226 e. The molecule has 3 saturated heterocycles. The summed E-state index contributed by atoms with van der Waals surface area (Å²) in [7, 11) is 1.68. The molecule has 7 heteroatoms. The number of aryl methyl sites for hydroxylation is 1. The standard InChI is InChI=1S/C19H25N5O2/c1-11-4-5-23(8-11)14-6-12(2)16-21-18(22-24(16)9-14)19-7-13(10-26-19)15(19)17(25)20-3/h6,9,11,13,15H,4-5,7-8,10H2,1-3H3,(H,20,25). The van der Waals surface area contributed by atoms with E-state index in [-0.39, 0.29) is 17.7 Å². The second-order valence-corrected chi connectivity index (χ2v) is 8.18. The SMILES string of the molecule is CNC(=O)C1C2COC1(c1nc3c(C)cc(N4CCC(C)C4)cn3n1)C2. The first-order valence-electron chi connectivity index (χ1n) is 9.50. The fourth-order valence-corrected chi connectivity index (χ4v) is 4.94. The lowest BCUT2D eigenvalue weighted by Gasteiger charge is -2.41. The molecular formula is C19H25N5O2. The number of rotatable bonds is 3. The molecule has 1 aliphatic carbocycles. The summed E-state index contributed by atoms with van der Waals surface area (Å²) in [5, 5.41) is 7.53. The van der Waals surface area contributed by atoms with Crippen LogP contribution >= 0.6 is 0 Å². The molecule has 2 aromatic heterocycles. The van der Waals surface area contributed by atoms with Crippen LogP contribution in [0.3, 0.4) is 0 Å². The molecule has 4 atom stereocenters. The maximum absolute atomic E-state index is 12.3. The van der Waals surface area contributed by atoms with Gasteiger partial charge in [0.2, 0.25) is 5.91 Å². The van der Waals surface area contributed by atoms with Gasteiger partial charge in [-0.15, -0.1) is 5.10 Å². The number of fused-ring (bicyclic) bond motifs is 2. The van der Waals surface area contributed by atoms with Gasteiger partial charge in [-0.25, -0.2) is 9.50 Å². The number of carbonyl (C=O) groups excluding carboxylic acids is 1. The second kappa shape index (κ2) is 5.42. The number of nitrogens with zero attached hydrogens (tertiary/aromatic N) is 4. The summed E-state index contributed by atoms with van der Waals surface area (Å²) in [5.41, 5.74) is 2.49. The van der Waals surface area contributed by atoms with Crippen molar-refractivity contribution in [1.29, 1.82) is 0 Å². The Balaban J connectivity index is 1.54. The van der Waals surface area contributed by atoms with Crippen molar-refractivity contribution in [3.8, 4) is 0 Å². The van der Waals surface area contributed by atoms with E-state index in [4.69, 9.17) is 14.8 Å². The molecule has 0 spiro atoms. The van der Waals surface area contributed by atoms with Crippen LogP contribution in [0.5, 0.6) is 0 Å². The van der Waals surface area contributed by atoms with E-state index >= 15 is 0 Å². The van der Waals surface area contributed by atoms with Crippen molar-refractivity contribution in [2.45, 2.75) is 32.3 Å². The highest BCUT2D eigenvalue weighted by atomic mass is 16.5. The number of ether oxygens (including phenoxy) is 1. The summed E-state index contributed by atoms with van der Waals surface area (Å²) >= 11 is 0. The van der Waals surface area contributed by atoms with Crippen molar-refractivity contribution in [2.75, 3.05) is 31.6 Å². The predicted octanol–water partition coefficient (Wildman–Crippen LogP) is 1.49. The number of nitrogens with one attached hydrogen (secondary N) is 1. The quantitative estimate of drug-likeness (QED) is 0.903. The molecule has 0 aromatic carbocycles. The summed E-state index contributed by atoms with van der Waals surface area (Å²) in [6, 6.07) is 2.19. The van der Waals surface area contributed by atoms with Crippen LogP contribution in [0, 0.1) is 24.7 Å². The summed E-state index contributed by atoms with van der Waals surface area (Å²) in [4.78, 5) is 19.5. The van der Waals surface area contributed by atoms with Crippen LogP contribution < -0.4 is 10.2 Å². The van der Waals surface area contributed by atoms with Crippen LogP contribution in [-0.2, 0) is 15.1 Å². The van der Waals surface area contributed by atoms with Gasteiger partial charge in [0.1, 0.15) is 5.60 Å². The van der Waals surface area contributed by atoms with Gasteiger partial charge in [-0.2, -0.15) is 0 Å². The summed E-state index contributed by atoms with van der Waals surface area (Å²) in [5.74, 6) is 1.51. The lowest BCUT2D eigenvalue weighted by atomic mass is 9.63. The van der Waals surface area contributed by atoms with Gasteiger partial charge in [-0.1, -0.05) is 6.92 Å². The second-order valence-electron chi connectivity index (χ2n) is 8.18. The Morgan fingerprint density at radius 1 is 1.46 bits per heavy atom.